The Morgan fingerprint density at radius 1 is 1.35 bits per heavy atom. The van der Waals surface area contributed by atoms with Crippen LogP contribution in [-0.4, -0.2) is 34.6 Å². The number of rotatable bonds is 2. The maximum Gasteiger partial charge on any atom is 0.194 e. The Balaban J connectivity index is 2.14. The van der Waals surface area contributed by atoms with Crippen LogP contribution < -0.4 is 0 Å². The van der Waals surface area contributed by atoms with Crippen molar-refractivity contribution in [3.63, 3.8) is 0 Å². The highest BCUT2D eigenvalue weighted by molar-refractivity contribution is 5.47. The van der Waals surface area contributed by atoms with Crippen LogP contribution >= 0.6 is 0 Å². The summed E-state index contributed by atoms with van der Waals surface area (Å²) >= 11 is 0. The second-order valence-corrected chi connectivity index (χ2v) is 4.10. The molecule has 0 unspecified atom stereocenters. The fourth-order valence-electron chi connectivity index (χ4n) is 2.25. The van der Waals surface area contributed by atoms with Gasteiger partial charge in [0.15, 0.2) is 11.6 Å². The van der Waals surface area contributed by atoms with E-state index >= 15 is 0 Å². The Kier molecular flexibility index (Phi) is 2.23. The summed E-state index contributed by atoms with van der Waals surface area (Å²) in [6, 6.07) is 0. The molecule has 0 amide bonds. The topological polar surface area (TPSA) is 72.0 Å². The first-order chi connectivity index (χ1) is 8.20. The van der Waals surface area contributed by atoms with E-state index in [0.29, 0.717) is 13.1 Å². The highest BCUT2D eigenvalue weighted by Gasteiger charge is 2.27. The van der Waals surface area contributed by atoms with Crippen molar-refractivity contribution in [3.05, 3.63) is 17.7 Å². The number of hydrogen-bond donors (Lipinski definition) is 1. The van der Waals surface area contributed by atoms with Gasteiger partial charge >= 0.3 is 0 Å². The normalized spacial score (nSPS) is 15.5. The molecule has 2 aromatic heterocycles. The first kappa shape index (κ1) is 10.4. The Labute approximate surface area is 98.3 Å². The second kappa shape index (κ2) is 3.64. The fourth-order valence-corrected chi connectivity index (χ4v) is 2.25. The van der Waals surface area contributed by atoms with E-state index in [9.17, 15) is 5.21 Å². The Hall–Kier alpha value is -1.73. The molecule has 0 saturated carbocycles. The minimum Gasteiger partial charge on any atom is -0.324 e. The Bertz CT molecular complexity index is 557. The lowest BCUT2D eigenvalue weighted by Crippen LogP contribution is -2.13. The van der Waals surface area contributed by atoms with Crippen LogP contribution in [0, 0.1) is 0 Å². The standard InChI is InChI=1S/C10H14N6O/c1-3-16-8-5-15(17)4-7(8)13-10(16)9-11-6-12-14(9)2/h6,17H,3-5H2,1-2H3. The zero-order valence-corrected chi connectivity index (χ0v) is 9.83. The molecule has 17 heavy (non-hydrogen) atoms. The molecule has 0 spiro atoms. The minimum absolute atomic E-state index is 0.479. The molecule has 7 nitrogen and oxygen atoms in total. The molecule has 0 saturated heterocycles. The average molecular weight is 234 g/mol. The van der Waals surface area contributed by atoms with Gasteiger partial charge in [0.1, 0.15) is 6.33 Å². The average Bonchev–Trinajstić information content (AvgIpc) is 2.91. The predicted molar refractivity (Wildman–Crippen MR) is 58.9 cm³/mol. The van der Waals surface area contributed by atoms with E-state index in [1.807, 2.05) is 7.05 Å². The molecule has 3 rings (SSSR count). The summed E-state index contributed by atoms with van der Waals surface area (Å²) in [4.78, 5) is 8.77. The summed E-state index contributed by atoms with van der Waals surface area (Å²) in [5, 5.41) is 14.8. The van der Waals surface area contributed by atoms with Crippen molar-refractivity contribution in [2.45, 2.75) is 26.6 Å². The molecule has 1 aliphatic heterocycles. The summed E-state index contributed by atoms with van der Waals surface area (Å²) in [7, 11) is 1.85. The minimum atomic E-state index is 0.479. The molecule has 0 bridgehead atoms. The van der Waals surface area contributed by atoms with Gasteiger partial charge in [0.25, 0.3) is 0 Å². The van der Waals surface area contributed by atoms with Crippen molar-refractivity contribution >= 4 is 0 Å². The van der Waals surface area contributed by atoms with Gasteiger partial charge in [0.2, 0.25) is 0 Å². The third-order valence-corrected chi connectivity index (χ3v) is 3.05. The monoisotopic (exact) mass is 234 g/mol. The van der Waals surface area contributed by atoms with Crippen LogP contribution in [-0.2, 0) is 26.7 Å². The van der Waals surface area contributed by atoms with Crippen LogP contribution in [0.15, 0.2) is 6.33 Å². The maximum atomic E-state index is 9.48. The van der Waals surface area contributed by atoms with E-state index in [1.54, 1.807) is 4.68 Å². The highest BCUT2D eigenvalue weighted by Crippen LogP contribution is 2.26. The van der Waals surface area contributed by atoms with Crippen LogP contribution in [0.25, 0.3) is 11.6 Å². The lowest BCUT2D eigenvalue weighted by atomic mass is 10.4. The quantitative estimate of drug-likeness (QED) is 0.814. The first-order valence-corrected chi connectivity index (χ1v) is 5.57. The molecule has 1 aliphatic rings. The smallest absolute Gasteiger partial charge is 0.194 e. The Morgan fingerprint density at radius 3 is 2.82 bits per heavy atom. The van der Waals surface area contributed by atoms with E-state index in [4.69, 9.17) is 0 Å². The van der Waals surface area contributed by atoms with E-state index in [-0.39, 0.29) is 0 Å². The van der Waals surface area contributed by atoms with Gasteiger partial charge in [-0.15, -0.1) is 0 Å². The molecule has 90 valence electrons. The van der Waals surface area contributed by atoms with Gasteiger partial charge in [-0.2, -0.15) is 10.2 Å². The van der Waals surface area contributed by atoms with E-state index in [1.165, 1.54) is 11.4 Å². The zero-order valence-electron chi connectivity index (χ0n) is 9.83. The van der Waals surface area contributed by atoms with E-state index in [2.05, 4.69) is 26.6 Å². The van der Waals surface area contributed by atoms with Gasteiger partial charge in [0.05, 0.1) is 24.5 Å². The maximum absolute atomic E-state index is 9.48. The number of nitrogens with zero attached hydrogens (tertiary/aromatic N) is 6. The molecular weight excluding hydrogens is 220 g/mol. The van der Waals surface area contributed by atoms with Gasteiger partial charge in [-0.1, -0.05) is 0 Å². The summed E-state index contributed by atoms with van der Waals surface area (Å²) in [6.45, 7) is 3.86. The summed E-state index contributed by atoms with van der Waals surface area (Å²) in [5.74, 6) is 1.58. The van der Waals surface area contributed by atoms with Crippen LogP contribution in [0.4, 0.5) is 0 Å². The summed E-state index contributed by atoms with van der Waals surface area (Å²) in [6.07, 6.45) is 1.52. The first-order valence-electron chi connectivity index (χ1n) is 5.57. The zero-order chi connectivity index (χ0) is 12.0. The number of hydrogen-bond acceptors (Lipinski definition) is 5. The predicted octanol–water partition coefficient (Wildman–Crippen LogP) is 0.403. The fraction of sp³-hybridized carbons (Fsp3) is 0.500. The molecule has 3 heterocycles. The largest absolute Gasteiger partial charge is 0.324 e. The third kappa shape index (κ3) is 1.47. The highest BCUT2D eigenvalue weighted by atomic mass is 16.5. The van der Waals surface area contributed by atoms with Crippen LogP contribution in [0.1, 0.15) is 18.3 Å². The van der Waals surface area contributed by atoms with Crippen molar-refractivity contribution in [2.24, 2.45) is 7.05 Å². The van der Waals surface area contributed by atoms with Crippen LogP contribution in [0.2, 0.25) is 0 Å². The van der Waals surface area contributed by atoms with Crippen molar-refractivity contribution < 1.29 is 5.21 Å². The van der Waals surface area contributed by atoms with E-state index in [0.717, 1.165) is 29.6 Å². The van der Waals surface area contributed by atoms with Gasteiger partial charge in [-0.3, -0.25) is 0 Å². The number of fused-ring (bicyclic) bond motifs is 1. The van der Waals surface area contributed by atoms with Crippen molar-refractivity contribution in [1.82, 2.24) is 29.4 Å². The van der Waals surface area contributed by atoms with E-state index < -0.39 is 0 Å². The van der Waals surface area contributed by atoms with Gasteiger partial charge in [0, 0.05) is 13.6 Å². The van der Waals surface area contributed by atoms with Crippen LogP contribution in [0.5, 0.6) is 0 Å². The van der Waals surface area contributed by atoms with Gasteiger partial charge in [-0.25, -0.2) is 14.6 Å². The number of hydroxylamine groups is 2. The molecule has 1 N–H and O–H groups in total. The SMILES string of the molecule is CCn1c(-c2ncnn2C)nc2c1CN(O)C2. The van der Waals surface area contributed by atoms with Crippen molar-refractivity contribution in [3.8, 4) is 11.6 Å². The summed E-state index contributed by atoms with van der Waals surface area (Å²) in [5.41, 5.74) is 1.99. The molecule has 0 aromatic carbocycles. The van der Waals surface area contributed by atoms with Crippen molar-refractivity contribution in [1.29, 1.82) is 0 Å². The lowest BCUT2D eigenvalue weighted by molar-refractivity contribution is -0.0985. The molecule has 0 fully saturated rings. The summed E-state index contributed by atoms with van der Waals surface area (Å²) < 4.78 is 3.79. The van der Waals surface area contributed by atoms with Crippen molar-refractivity contribution in [2.75, 3.05) is 0 Å². The number of aryl methyl sites for hydroxylation is 1. The Morgan fingerprint density at radius 2 is 2.18 bits per heavy atom. The van der Waals surface area contributed by atoms with Gasteiger partial charge in [-0.05, 0) is 6.92 Å². The molecule has 0 atom stereocenters. The molecule has 0 aliphatic carbocycles. The molecule has 7 heteroatoms. The van der Waals surface area contributed by atoms with Gasteiger partial charge < -0.3 is 9.77 Å². The third-order valence-electron chi connectivity index (χ3n) is 3.05. The number of imidazole rings is 1. The molecule has 0 radical (unpaired) electrons. The van der Waals surface area contributed by atoms with Crippen LogP contribution in [0.3, 0.4) is 0 Å². The lowest BCUT2D eigenvalue weighted by Gasteiger charge is -2.09. The number of aromatic nitrogens is 5. The molecular formula is C10H14N6O. The second-order valence-electron chi connectivity index (χ2n) is 4.10. The molecule has 2 aromatic rings.